The van der Waals surface area contributed by atoms with Crippen molar-refractivity contribution >= 4 is 17.9 Å². The predicted octanol–water partition coefficient (Wildman–Crippen LogP) is 0.145. The second-order valence-corrected chi connectivity index (χ2v) is 5.03. The summed E-state index contributed by atoms with van der Waals surface area (Å²) in [6, 6.07) is -1.57. The molecule has 104 valence electrons. The molecule has 1 unspecified atom stereocenters. The molecule has 1 atom stereocenters. The fraction of sp³-hybridized carbons (Fsp3) is 0.727. The Morgan fingerprint density at radius 2 is 1.83 bits per heavy atom. The lowest BCUT2D eigenvalue weighted by atomic mass is 10.0. The summed E-state index contributed by atoms with van der Waals surface area (Å²) in [5.41, 5.74) is 4.42. The molecule has 0 radical (unpaired) electrons. The van der Waals surface area contributed by atoms with E-state index in [1.807, 2.05) is 0 Å². The minimum atomic E-state index is -0.979. The van der Waals surface area contributed by atoms with Crippen molar-refractivity contribution < 1.29 is 19.5 Å². The highest BCUT2D eigenvalue weighted by Crippen LogP contribution is 2.15. The largest absolute Gasteiger partial charge is 0.481 e. The topological polar surface area (TPSA) is 113 Å². The zero-order valence-corrected chi connectivity index (χ0v) is 11.2. The summed E-state index contributed by atoms with van der Waals surface area (Å²) >= 11 is 0. The van der Waals surface area contributed by atoms with Gasteiger partial charge in [-0.1, -0.05) is 0 Å². The van der Waals surface area contributed by atoms with Gasteiger partial charge in [-0.25, -0.2) is 4.79 Å². The maximum atomic E-state index is 12.1. The molecule has 7 nitrogen and oxygen atoms in total. The van der Waals surface area contributed by atoms with E-state index in [1.165, 1.54) is 11.8 Å². The van der Waals surface area contributed by atoms with Crippen molar-refractivity contribution in [3.8, 4) is 0 Å². The van der Waals surface area contributed by atoms with Gasteiger partial charge in [0.05, 0.1) is 6.42 Å². The quantitative estimate of drug-likeness (QED) is 0.652. The van der Waals surface area contributed by atoms with Crippen LogP contribution in [0.4, 0.5) is 4.79 Å². The number of carbonyl (C=O) groups is 3. The number of urea groups is 1. The number of nitrogens with one attached hydrogen (secondary N) is 1. The van der Waals surface area contributed by atoms with Gasteiger partial charge < -0.3 is 21.1 Å². The molecule has 7 heteroatoms. The van der Waals surface area contributed by atoms with Crippen molar-refractivity contribution in [3.63, 3.8) is 0 Å². The Morgan fingerprint density at radius 1 is 1.33 bits per heavy atom. The molecular weight excluding hydrogens is 238 g/mol. The standard InChI is InChI=1S/C11H21N3O4/c1-7(13-10(12)18)9(17)14(11(2,3)4)6-5-8(15)16/h7H,5-6H2,1-4H3,(H,15,16)(H3,12,13,18). The maximum absolute atomic E-state index is 12.1. The van der Waals surface area contributed by atoms with Gasteiger partial charge in [-0.15, -0.1) is 0 Å². The van der Waals surface area contributed by atoms with Gasteiger partial charge >= 0.3 is 12.0 Å². The number of nitrogens with zero attached hydrogens (tertiary/aromatic N) is 1. The first kappa shape index (κ1) is 16.2. The van der Waals surface area contributed by atoms with Gasteiger partial charge in [-0.05, 0) is 27.7 Å². The lowest BCUT2D eigenvalue weighted by Crippen LogP contribution is -2.54. The lowest BCUT2D eigenvalue weighted by Gasteiger charge is -2.37. The summed E-state index contributed by atoms with van der Waals surface area (Å²) in [6.07, 6.45) is -0.147. The summed E-state index contributed by atoms with van der Waals surface area (Å²) in [4.78, 5) is 34.8. The average Bonchev–Trinajstić information content (AvgIpc) is 2.13. The summed E-state index contributed by atoms with van der Waals surface area (Å²) in [5.74, 6) is -1.34. The summed E-state index contributed by atoms with van der Waals surface area (Å²) in [5, 5.41) is 10.9. The van der Waals surface area contributed by atoms with Crippen LogP contribution in [-0.2, 0) is 9.59 Å². The molecule has 0 rings (SSSR count). The number of rotatable bonds is 5. The number of hydrogen-bond acceptors (Lipinski definition) is 3. The molecule has 18 heavy (non-hydrogen) atoms. The third kappa shape index (κ3) is 5.51. The molecule has 0 aliphatic rings. The van der Waals surface area contributed by atoms with Crippen LogP contribution in [0, 0.1) is 0 Å². The van der Waals surface area contributed by atoms with E-state index >= 15 is 0 Å². The number of carboxylic acids is 1. The Hall–Kier alpha value is -1.79. The monoisotopic (exact) mass is 259 g/mol. The maximum Gasteiger partial charge on any atom is 0.312 e. The SMILES string of the molecule is CC(NC(N)=O)C(=O)N(CCC(=O)O)C(C)(C)C. The molecule has 0 bridgehead atoms. The Labute approximate surface area is 106 Å². The minimum Gasteiger partial charge on any atom is -0.481 e. The van der Waals surface area contributed by atoms with Crippen molar-refractivity contribution in [2.24, 2.45) is 5.73 Å². The van der Waals surface area contributed by atoms with Gasteiger partial charge in [0.25, 0.3) is 0 Å². The van der Waals surface area contributed by atoms with E-state index in [9.17, 15) is 14.4 Å². The average molecular weight is 259 g/mol. The van der Waals surface area contributed by atoms with Crippen LogP contribution in [0.25, 0.3) is 0 Å². The van der Waals surface area contributed by atoms with Crippen molar-refractivity contribution in [2.45, 2.75) is 45.7 Å². The molecule has 0 aromatic carbocycles. The normalized spacial score (nSPS) is 12.7. The van der Waals surface area contributed by atoms with E-state index in [0.29, 0.717) is 0 Å². The fourth-order valence-electron chi connectivity index (χ4n) is 1.49. The zero-order valence-electron chi connectivity index (χ0n) is 11.2. The molecule has 0 heterocycles. The second kappa shape index (κ2) is 6.23. The molecule has 0 aromatic rings. The Morgan fingerprint density at radius 3 is 2.17 bits per heavy atom. The van der Waals surface area contributed by atoms with Crippen molar-refractivity contribution in [2.75, 3.05) is 6.54 Å². The first-order valence-corrected chi connectivity index (χ1v) is 5.65. The third-order valence-corrected chi connectivity index (χ3v) is 2.35. The van der Waals surface area contributed by atoms with Gasteiger partial charge in [-0.3, -0.25) is 9.59 Å². The number of hydrogen-bond donors (Lipinski definition) is 3. The number of amides is 3. The van der Waals surface area contributed by atoms with Crippen LogP contribution in [0.2, 0.25) is 0 Å². The number of nitrogens with two attached hydrogens (primary N) is 1. The Bertz CT molecular complexity index is 336. The van der Waals surface area contributed by atoms with Crippen LogP contribution in [0.1, 0.15) is 34.1 Å². The van der Waals surface area contributed by atoms with E-state index in [0.717, 1.165) is 0 Å². The molecule has 0 saturated carbocycles. The molecule has 0 fully saturated rings. The molecular formula is C11H21N3O4. The molecule has 0 aliphatic heterocycles. The summed E-state index contributed by atoms with van der Waals surface area (Å²) in [6.45, 7) is 6.98. The minimum absolute atomic E-state index is 0.0858. The summed E-state index contributed by atoms with van der Waals surface area (Å²) in [7, 11) is 0. The van der Waals surface area contributed by atoms with E-state index in [4.69, 9.17) is 10.8 Å². The first-order valence-electron chi connectivity index (χ1n) is 5.65. The smallest absolute Gasteiger partial charge is 0.312 e. The molecule has 0 spiro atoms. The molecule has 3 amide bonds. The Balaban J connectivity index is 4.80. The van der Waals surface area contributed by atoms with Crippen LogP contribution < -0.4 is 11.1 Å². The molecule has 0 aromatic heterocycles. The van der Waals surface area contributed by atoms with Gasteiger partial charge in [-0.2, -0.15) is 0 Å². The highest BCUT2D eigenvalue weighted by molar-refractivity contribution is 5.86. The van der Waals surface area contributed by atoms with E-state index in [-0.39, 0.29) is 18.9 Å². The van der Waals surface area contributed by atoms with Gasteiger partial charge in [0.1, 0.15) is 6.04 Å². The fourth-order valence-corrected chi connectivity index (χ4v) is 1.49. The van der Waals surface area contributed by atoms with Gasteiger partial charge in [0.2, 0.25) is 5.91 Å². The number of primary amides is 1. The van der Waals surface area contributed by atoms with Crippen molar-refractivity contribution in [3.05, 3.63) is 0 Å². The second-order valence-electron chi connectivity index (χ2n) is 5.03. The van der Waals surface area contributed by atoms with Gasteiger partial charge in [0.15, 0.2) is 0 Å². The highest BCUT2D eigenvalue weighted by Gasteiger charge is 2.30. The molecule has 4 N–H and O–H groups in total. The third-order valence-electron chi connectivity index (χ3n) is 2.35. The van der Waals surface area contributed by atoms with E-state index < -0.39 is 23.6 Å². The Kier molecular flexibility index (Phi) is 5.61. The summed E-state index contributed by atoms with van der Waals surface area (Å²) < 4.78 is 0. The van der Waals surface area contributed by atoms with Crippen LogP contribution in [0.3, 0.4) is 0 Å². The number of aliphatic carboxylic acids is 1. The molecule has 0 saturated heterocycles. The molecule has 0 aliphatic carbocycles. The zero-order chi connectivity index (χ0) is 14.5. The van der Waals surface area contributed by atoms with Crippen LogP contribution in [0.15, 0.2) is 0 Å². The van der Waals surface area contributed by atoms with E-state index in [1.54, 1.807) is 20.8 Å². The highest BCUT2D eigenvalue weighted by atomic mass is 16.4. The predicted molar refractivity (Wildman–Crippen MR) is 65.9 cm³/mol. The number of carbonyl (C=O) groups excluding carboxylic acids is 2. The van der Waals surface area contributed by atoms with Gasteiger partial charge in [0, 0.05) is 12.1 Å². The number of carboxylic acid groups (broad SMARTS) is 1. The van der Waals surface area contributed by atoms with Crippen molar-refractivity contribution in [1.82, 2.24) is 10.2 Å². The van der Waals surface area contributed by atoms with Crippen LogP contribution in [0.5, 0.6) is 0 Å². The van der Waals surface area contributed by atoms with Crippen LogP contribution >= 0.6 is 0 Å². The van der Waals surface area contributed by atoms with Crippen LogP contribution in [-0.4, -0.2) is 46.0 Å². The van der Waals surface area contributed by atoms with E-state index in [2.05, 4.69) is 5.32 Å². The first-order chi connectivity index (χ1) is 8.05. The lowest BCUT2D eigenvalue weighted by molar-refractivity contribution is -0.141. The van der Waals surface area contributed by atoms with Crippen molar-refractivity contribution in [1.29, 1.82) is 0 Å².